The maximum absolute atomic E-state index is 8.82. The molecule has 0 amide bonds. The first kappa shape index (κ1) is 17.0. The lowest BCUT2D eigenvalue weighted by molar-refractivity contribution is 0.144. The Morgan fingerprint density at radius 2 is 2.00 bits per heavy atom. The van der Waals surface area contributed by atoms with Crippen molar-refractivity contribution >= 4 is 0 Å². The Labute approximate surface area is 126 Å². The third-order valence-electron chi connectivity index (χ3n) is 3.00. The summed E-state index contributed by atoms with van der Waals surface area (Å²) < 4.78 is 10.7. The van der Waals surface area contributed by atoms with E-state index in [2.05, 4.69) is 17.0 Å². The summed E-state index contributed by atoms with van der Waals surface area (Å²) in [7, 11) is 1.67. The number of ether oxygens (including phenoxy) is 2. The van der Waals surface area contributed by atoms with E-state index < -0.39 is 0 Å². The zero-order valence-electron chi connectivity index (χ0n) is 12.4. The van der Waals surface area contributed by atoms with Crippen LogP contribution in [0.5, 0.6) is 5.75 Å². The van der Waals surface area contributed by atoms with Gasteiger partial charge in [-0.05, 0) is 24.6 Å². The van der Waals surface area contributed by atoms with E-state index in [0.29, 0.717) is 25.2 Å². The first-order chi connectivity index (χ1) is 10.3. The molecule has 0 aromatic heterocycles. The average molecular weight is 287 g/mol. The molecule has 0 atom stereocenters. The molecule has 112 valence electrons. The lowest BCUT2D eigenvalue weighted by atomic mass is 10.2. The van der Waals surface area contributed by atoms with Crippen molar-refractivity contribution < 1.29 is 9.47 Å². The van der Waals surface area contributed by atoms with Crippen LogP contribution in [0, 0.1) is 22.7 Å². The summed E-state index contributed by atoms with van der Waals surface area (Å²) >= 11 is 0. The second kappa shape index (κ2) is 10.7. The van der Waals surface area contributed by atoms with Gasteiger partial charge in [0.15, 0.2) is 0 Å². The van der Waals surface area contributed by atoms with E-state index in [-0.39, 0.29) is 0 Å². The number of benzene rings is 1. The fourth-order valence-corrected chi connectivity index (χ4v) is 1.90. The fraction of sp³-hybridized carbons (Fsp3) is 0.500. The quantitative estimate of drug-likeness (QED) is 0.617. The Morgan fingerprint density at radius 1 is 1.14 bits per heavy atom. The van der Waals surface area contributed by atoms with Crippen LogP contribution in [0.1, 0.15) is 18.4 Å². The summed E-state index contributed by atoms with van der Waals surface area (Å²) in [4.78, 5) is 2.20. The minimum atomic E-state index is 0.523. The van der Waals surface area contributed by atoms with Crippen LogP contribution in [0.3, 0.4) is 0 Å². The molecule has 0 radical (unpaired) electrons. The number of methoxy groups -OCH3 is 1. The Kier molecular flexibility index (Phi) is 8.63. The van der Waals surface area contributed by atoms with Crippen LogP contribution in [0.25, 0.3) is 0 Å². The van der Waals surface area contributed by atoms with E-state index in [1.807, 2.05) is 12.1 Å². The van der Waals surface area contributed by atoms with E-state index in [9.17, 15) is 0 Å². The summed E-state index contributed by atoms with van der Waals surface area (Å²) in [6.07, 6.45) is 1.39. The molecule has 0 aliphatic rings. The van der Waals surface area contributed by atoms with E-state index in [0.717, 1.165) is 31.8 Å². The molecule has 1 rings (SSSR count). The second-order valence-electron chi connectivity index (χ2n) is 4.58. The molecule has 0 fully saturated rings. The Hall–Kier alpha value is -2.08. The Morgan fingerprint density at radius 3 is 2.71 bits per heavy atom. The van der Waals surface area contributed by atoms with Gasteiger partial charge in [0, 0.05) is 33.2 Å². The number of hydrogen-bond donors (Lipinski definition) is 0. The van der Waals surface area contributed by atoms with Crippen molar-refractivity contribution in [3.63, 3.8) is 0 Å². The normalized spacial score (nSPS) is 10.1. The molecule has 1 aromatic rings. The molecule has 0 aliphatic heterocycles. The summed E-state index contributed by atoms with van der Waals surface area (Å²) in [6, 6.07) is 11.4. The molecule has 0 heterocycles. The highest BCUT2D eigenvalue weighted by atomic mass is 16.5. The fourth-order valence-electron chi connectivity index (χ4n) is 1.90. The van der Waals surface area contributed by atoms with Gasteiger partial charge in [-0.15, -0.1) is 0 Å². The predicted molar refractivity (Wildman–Crippen MR) is 79.8 cm³/mol. The van der Waals surface area contributed by atoms with Gasteiger partial charge in [-0.3, -0.25) is 4.90 Å². The molecule has 0 aliphatic carbocycles. The van der Waals surface area contributed by atoms with Gasteiger partial charge in [0.2, 0.25) is 0 Å². The monoisotopic (exact) mass is 287 g/mol. The highest BCUT2D eigenvalue weighted by molar-refractivity contribution is 5.36. The Balaban J connectivity index is 2.29. The average Bonchev–Trinajstić information content (AvgIpc) is 2.53. The van der Waals surface area contributed by atoms with E-state index in [4.69, 9.17) is 20.0 Å². The summed E-state index contributed by atoms with van der Waals surface area (Å²) in [5, 5.41) is 17.5. The smallest absolute Gasteiger partial charge is 0.120 e. The van der Waals surface area contributed by atoms with Crippen molar-refractivity contribution in [2.75, 3.05) is 40.0 Å². The van der Waals surface area contributed by atoms with Gasteiger partial charge in [-0.1, -0.05) is 6.07 Å². The van der Waals surface area contributed by atoms with Crippen molar-refractivity contribution in [2.45, 2.75) is 12.8 Å². The van der Waals surface area contributed by atoms with Gasteiger partial charge in [0.05, 0.1) is 30.9 Å². The predicted octanol–water partition coefficient (Wildman–Crippen LogP) is 2.19. The van der Waals surface area contributed by atoms with Crippen LogP contribution in [0.15, 0.2) is 24.3 Å². The number of nitrogens with zero attached hydrogens (tertiary/aromatic N) is 3. The van der Waals surface area contributed by atoms with Crippen molar-refractivity contribution in [1.29, 1.82) is 10.5 Å². The maximum atomic E-state index is 8.82. The molecule has 0 unspecified atom stereocenters. The molecular formula is C16H21N3O2. The third-order valence-corrected chi connectivity index (χ3v) is 3.00. The largest absolute Gasteiger partial charge is 0.494 e. The zero-order chi connectivity index (χ0) is 15.3. The molecule has 5 heteroatoms. The highest BCUT2D eigenvalue weighted by Gasteiger charge is 2.04. The lowest BCUT2D eigenvalue weighted by Crippen LogP contribution is -2.30. The first-order valence-corrected chi connectivity index (χ1v) is 7.01. The van der Waals surface area contributed by atoms with Gasteiger partial charge in [-0.25, -0.2) is 0 Å². The molecule has 0 N–H and O–H groups in total. The second-order valence-corrected chi connectivity index (χ2v) is 4.58. The van der Waals surface area contributed by atoms with Crippen LogP contribution >= 0.6 is 0 Å². The van der Waals surface area contributed by atoms with Crippen LogP contribution in [0.4, 0.5) is 0 Å². The molecule has 0 saturated heterocycles. The minimum absolute atomic E-state index is 0.523. The SMILES string of the molecule is COCCN(CCC#N)CCCOc1cccc(C#N)c1. The summed E-state index contributed by atoms with van der Waals surface area (Å²) in [5.41, 5.74) is 0.600. The molecule has 21 heavy (non-hydrogen) atoms. The maximum Gasteiger partial charge on any atom is 0.120 e. The standard InChI is InChI=1S/C16H21N3O2/c1-20-12-10-19(8-3-7-17)9-4-11-21-16-6-2-5-15(13-16)14-18/h2,5-6,13H,3-4,8-12H2,1H3. The molecule has 1 aromatic carbocycles. The van der Waals surface area contributed by atoms with Gasteiger partial charge < -0.3 is 9.47 Å². The summed E-state index contributed by atoms with van der Waals surface area (Å²) in [6.45, 7) is 3.69. The van der Waals surface area contributed by atoms with Crippen LogP contribution < -0.4 is 4.74 Å². The van der Waals surface area contributed by atoms with E-state index >= 15 is 0 Å². The zero-order valence-corrected chi connectivity index (χ0v) is 12.4. The van der Waals surface area contributed by atoms with Gasteiger partial charge >= 0.3 is 0 Å². The highest BCUT2D eigenvalue weighted by Crippen LogP contribution is 2.12. The van der Waals surface area contributed by atoms with Crippen molar-refractivity contribution in [3.05, 3.63) is 29.8 Å². The molecule has 5 nitrogen and oxygen atoms in total. The number of hydrogen-bond acceptors (Lipinski definition) is 5. The Bertz CT molecular complexity index is 491. The van der Waals surface area contributed by atoms with Gasteiger partial charge in [-0.2, -0.15) is 10.5 Å². The van der Waals surface area contributed by atoms with Crippen LogP contribution in [0.2, 0.25) is 0 Å². The first-order valence-electron chi connectivity index (χ1n) is 7.01. The molecular weight excluding hydrogens is 266 g/mol. The number of rotatable bonds is 10. The van der Waals surface area contributed by atoms with E-state index in [1.54, 1.807) is 19.2 Å². The van der Waals surface area contributed by atoms with E-state index in [1.165, 1.54) is 0 Å². The number of nitriles is 2. The molecule has 0 saturated carbocycles. The van der Waals surface area contributed by atoms with Crippen molar-refractivity contribution in [1.82, 2.24) is 4.90 Å². The van der Waals surface area contributed by atoms with Crippen LogP contribution in [-0.2, 0) is 4.74 Å². The van der Waals surface area contributed by atoms with Crippen LogP contribution in [-0.4, -0.2) is 44.9 Å². The lowest BCUT2D eigenvalue weighted by Gasteiger charge is -2.20. The van der Waals surface area contributed by atoms with Crippen molar-refractivity contribution in [2.24, 2.45) is 0 Å². The minimum Gasteiger partial charge on any atom is -0.494 e. The molecule has 0 spiro atoms. The van der Waals surface area contributed by atoms with Gasteiger partial charge in [0.25, 0.3) is 0 Å². The van der Waals surface area contributed by atoms with Gasteiger partial charge in [0.1, 0.15) is 5.75 Å². The van der Waals surface area contributed by atoms with Crippen molar-refractivity contribution in [3.8, 4) is 17.9 Å². The third kappa shape index (κ3) is 7.31. The summed E-state index contributed by atoms with van der Waals surface area (Å²) in [5.74, 6) is 0.717. The topological polar surface area (TPSA) is 69.3 Å². The molecule has 0 bridgehead atoms.